The number of aromatic nitrogens is 1. The van der Waals surface area contributed by atoms with Gasteiger partial charge >= 0.3 is 0 Å². The van der Waals surface area contributed by atoms with Crippen molar-refractivity contribution in [2.75, 3.05) is 18.5 Å². The molecule has 3 aliphatic rings. The first-order valence-electron chi connectivity index (χ1n) is 10.2. The average molecular weight is 395 g/mol. The molecule has 2 N–H and O–H groups in total. The fourth-order valence-corrected chi connectivity index (χ4v) is 4.50. The zero-order valence-corrected chi connectivity index (χ0v) is 16.3. The van der Waals surface area contributed by atoms with Crippen LogP contribution in [0.2, 0.25) is 0 Å². The molecule has 152 valence electrons. The lowest BCUT2D eigenvalue weighted by atomic mass is 9.74. The van der Waals surface area contributed by atoms with Crippen molar-refractivity contribution in [1.29, 1.82) is 0 Å². The molecule has 7 nitrogen and oxygen atoms in total. The van der Waals surface area contributed by atoms with E-state index in [-0.39, 0.29) is 29.9 Å². The van der Waals surface area contributed by atoms with E-state index in [4.69, 9.17) is 9.47 Å². The maximum atomic E-state index is 13.0. The number of rotatable bonds is 4. The number of hydrogen-bond donors (Lipinski definition) is 2. The fraction of sp³-hybridized carbons (Fsp3) is 0.455. The highest BCUT2D eigenvalue weighted by Gasteiger charge is 2.49. The third-order valence-electron chi connectivity index (χ3n) is 6.34. The number of nitrogens with one attached hydrogen (secondary N) is 2. The highest BCUT2D eigenvalue weighted by molar-refractivity contribution is 5.95. The summed E-state index contributed by atoms with van der Waals surface area (Å²) in [7, 11) is 0. The number of amides is 2. The average Bonchev–Trinajstić information content (AvgIpc) is 3.37. The summed E-state index contributed by atoms with van der Waals surface area (Å²) in [4.78, 5) is 30.5. The van der Waals surface area contributed by atoms with Gasteiger partial charge in [0.25, 0.3) is 5.91 Å². The zero-order chi connectivity index (χ0) is 19.8. The number of benzene rings is 1. The standard InChI is InChI=1S/C22H25N3O4/c26-20(24-18-3-2-16-12-28-13-17(16)8-18)9-19-11-25(21(27)15-4-7-23-10-15)22(14-29-19)5-1-6-22/h2-4,7-8,10,19,23H,1,5-6,9,11-14H2,(H,24,26). The summed E-state index contributed by atoms with van der Waals surface area (Å²) < 4.78 is 11.5. The first-order chi connectivity index (χ1) is 14.1. The highest BCUT2D eigenvalue weighted by Crippen LogP contribution is 2.41. The van der Waals surface area contributed by atoms with Gasteiger partial charge in [-0.15, -0.1) is 0 Å². The van der Waals surface area contributed by atoms with Crippen molar-refractivity contribution in [3.05, 3.63) is 53.3 Å². The third kappa shape index (κ3) is 3.45. The minimum absolute atomic E-state index is 0.0123. The van der Waals surface area contributed by atoms with E-state index < -0.39 is 0 Å². The first kappa shape index (κ1) is 18.4. The van der Waals surface area contributed by atoms with E-state index in [0.29, 0.717) is 31.9 Å². The van der Waals surface area contributed by atoms with Gasteiger partial charge in [0, 0.05) is 24.6 Å². The molecular weight excluding hydrogens is 370 g/mol. The number of aromatic amines is 1. The zero-order valence-electron chi connectivity index (χ0n) is 16.3. The molecule has 1 aromatic carbocycles. The Morgan fingerprint density at radius 2 is 2.07 bits per heavy atom. The van der Waals surface area contributed by atoms with Crippen LogP contribution >= 0.6 is 0 Å². The van der Waals surface area contributed by atoms with Crippen LogP contribution in [0.5, 0.6) is 0 Å². The van der Waals surface area contributed by atoms with Gasteiger partial charge < -0.3 is 24.7 Å². The molecule has 7 heteroatoms. The Balaban J connectivity index is 1.24. The molecule has 1 saturated carbocycles. The van der Waals surface area contributed by atoms with Gasteiger partial charge in [0.15, 0.2) is 0 Å². The molecule has 1 spiro atoms. The Morgan fingerprint density at radius 1 is 1.21 bits per heavy atom. The number of anilines is 1. The molecule has 2 aromatic rings. The van der Waals surface area contributed by atoms with Gasteiger partial charge in [0.2, 0.25) is 5.91 Å². The SMILES string of the molecule is O=C(CC1CN(C(=O)c2cc[nH]c2)C2(CCC2)CO1)Nc1ccc2c(c1)COC2. The van der Waals surface area contributed by atoms with Crippen LogP contribution in [0.25, 0.3) is 0 Å². The molecule has 0 radical (unpaired) electrons. The lowest BCUT2D eigenvalue weighted by molar-refractivity contribution is -0.137. The minimum atomic E-state index is -0.304. The summed E-state index contributed by atoms with van der Waals surface area (Å²) in [5.74, 6) is -0.0919. The van der Waals surface area contributed by atoms with Gasteiger partial charge in [-0.2, -0.15) is 0 Å². The second-order valence-electron chi connectivity index (χ2n) is 8.25. The van der Waals surface area contributed by atoms with Crippen molar-refractivity contribution in [2.45, 2.75) is 50.5 Å². The van der Waals surface area contributed by atoms with Gasteiger partial charge in [0.05, 0.1) is 43.4 Å². The van der Waals surface area contributed by atoms with E-state index in [1.165, 1.54) is 5.56 Å². The molecule has 5 rings (SSSR count). The molecule has 2 amide bonds. The predicted molar refractivity (Wildman–Crippen MR) is 106 cm³/mol. The van der Waals surface area contributed by atoms with E-state index in [2.05, 4.69) is 10.3 Å². The Morgan fingerprint density at radius 3 is 2.83 bits per heavy atom. The van der Waals surface area contributed by atoms with E-state index >= 15 is 0 Å². The van der Waals surface area contributed by atoms with Crippen molar-refractivity contribution >= 4 is 17.5 Å². The van der Waals surface area contributed by atoms with Gasteiger partial charge in [-0.1, -0.05) is 6.07 Å². The Bertz CT molecular complexity index is 920. The van der Waals surface area contributed by atoms with E-state index in [0.717, 1.165) is 30.5 Å². The lowest BCUT2D eigenvalue weighted by Crippen LogP contribution is -2.64. The lowest BCUT2D eigenvalue weighted by Gasteiger charge is -2.54. The van der Waals surface area contributed by atoms with Crippen molar-refractivity contribution < 1.29 is 19.1 Å². The molecule has 2 fully saturated rings. The second kappa shape index (κ2) is 7.31. The topological polar surface area (TPSA) is 83.7 Å². The van der Waals surface area contributed by atoms with Gasteiger partial charge in [-0.25, -0.2) is 0 Å². The molecule has 1 aromatic heterocycles. The number of nitrogens with zero attached hydrogens (tertiary/aromatic N) is 1. The van der Waals surface area contributed by atoms with Crippen LogP contribution in [0, 0.1) is 0 Å². The summed E-state index contributed by atoms with van der Waals surface area (Å²) >= 11 is 0. The number of carbonyl (C=O) groups is 2. The van der Waals surface area contributed by atoms with E-state index in [9.17, 15) is 9.59 Å². The Kier molecular flexibility index (Phi) is 4.64. The summed E-state index contributed by atoms with van der Waals surface area (Å²) in [6.45, 7) is 2.15. The summed E-state index contributed by atoms with van der Waals surface area (Å²) in [6.07, 6.45) is 6.42. The maximum absolute atomic E-state index is 13.0. The molecule has 1 saturated heterocycles. The van der Waals surface area contributed by atoms with Crippen LogP contribution in [-0.2, 0) is 27.5 Å². The maximum Gasteiger partial charge on any atom is 0.256 e. The normalized spacial score (nSPS) is 22.2. The van der Waals surface area contributed by atoms with Crippen molar-refractivity contribution in [1.82, 2.24) is 9.88 Å². The molecule has 0 bridgehead atoms. The molecule has 1 atom stereocenters. The monoisotopic (exact) mass is 395 g/mol. The van der Waals surface area contributed by atoms with Crippen molar-refractivity contribution in [3.8, 4) is 0 Å². The Labute approximate surface area is 169 Å². The van der Waals surface area contributed by atoms with Gasteiger partial charge in [-0.3, -0.25) is 9.59 Å². The van der Waals surface area contributed by atoms with Crippen LogP contribution in [0.3, 0.4) is 0 Å². The Hall–Kier alpha value is -2.64. The number of hydrogen-bond acceptors (Lipinski definition) is 4. The number of ether oxygens (including phenoxy) is 2. The van der Waals surface area contributed by atoms with Crippen molar-refractivity contribution in [3.63, 3.8) is 0 Å². The van der Waals surface area contributed by atoms with Crippen LogP contribution in [0.4, 0.5) is 5.69 Å². The molecule has 3 heterocycles. The van der Waals surface area contributed by atoms with Crippen LogP contribution in [0.15, 0.2) is 36.7 Å². The number of H-pyrrole nitrogens is 1. The smallest absolute Gasteiger partial charge is 0.256 e. The van der Waals surface area contributed by atoms with Gasteiger partial charge in [-0.05, 0) is 48.6 Å². The minimum Gasteiger partial charge on any atom is -0.373 e. The third-order valence-corrected chi connectivity index (χ3v) is 6.34. The molecule has 29 heavy (non-hydrogen) atoms. The van der Waals surface area contributed by atoms with Crippen LogP contribution in [-0.4, -0.2) is 46.5 Å². The summed E-state index contributed by atoms with van der Waals surface area (Å²) in [5.41, 5.74) is 3.50. The number of morpholine rings is 1. The van der Waals surface area contributed by atoms with E-state index in [1.807, 2.05) is 23.1 Å². The van der Waals surface area contributed by atoms with E-state index in [1.54, 1.807) is 18.5 Å². The van der Waals surface area contributed by atoms with Crippen LogP contribution in [0.1, 0.15) is 47.2 Å². The fourth-order valence-electron chi connectivity index (χ4n) is 4.50. The summed E-state index contributed by atoms with van der Waals surface area (Å²) in [5, 5.41) is 2.96. The van der Waals surface area contributed by atoms with Gasteiger partial charge in [0.1, 0.15) is 0 Å². The first-order valence-corrected chi connectivity index (χ1v) is 10.2. The predicted octanol–water partition coefficient (Wildman–Crippen LogP) is 2.84. The molecule has 1 unspecified atom stereocenters. The largest absolute Gasteiger partial charge is 0.373 e. The number of carbonyl (C=O) groups excluding carboxylic acids is 2. The van der Waals surface area contributed by atoms with Crippen LogP contribution < -0.4 is 5.32 Å². The molecule has 1 aliphatic carbocycles. The quantitative estimate of drug-likeness (QED) is 0.834. The van der Waals surface area contributed by atoms with Crippen molar-refractivity contribution in [2.24, 2.45) is 0 Å². The number of fused-ring (bicyclic) bond motifs is 1. The highest BCUT2D eigenvalue weighted by atomic mass is 16.5. The summed E-state index contributed by atoms with van der Waals surface area (Å²) in [6, 6.07) is 7.65. The molecule has 2 aliphatic heterocycles. The second-order valence-corrected chi connectivity index (χ2v) is 8.25. The molecular formula is C22H25N3O4.